The quantitative estimate of drug-likeness (QED) is 0.0912. The van der Waals surface area contributed by atoms with E-state index in [1.807, 2.05) is 0 Å². The zero-order chi connectivity index (χ0) is 27.5. The molecule has 0 aliphatic heterocycles. The van der Waals surface area contributed by atoms with Crippen LogP contribution in [0.25, 0.3) is 0 Å². The van der Waals surface area contributed by atoms with Crippen LogP contribution in [0.15, 0.2) is 0 Å². The predicted molar refractivity (Wildman–Crippen MR) is 165 cm³/mol. The van der Waals surface area contributed by atoms with Gasteiger partial charge in [-0.2, -0.15) is 0 Å². The number of urea groups is 1. The first-order valence-electron chi connectivity index (χ1n) is 16.8. The minimum absolute atomic E-state index is 0.833. The van der Waals surface area contributed by atoms with E-state index in [-0.39, 0.29) is 0 Å². The van der Waals surface area contributed by atoms with Crippen molar-refractivity contribution in [3.8, 4) is 0 Å². The molecule has 224 valence electrons. The van der Waals surface area contributed by atoms with E-state index in [1.165, 1.54) is 180 Å². The van der Waals surface area contributed by atoms with Gasteiger partial charge < -0.3 is 16.2 Å². The van der Waals surface area contributed by atoms with Crippen molar-refractivity contribution in [3.05, 3.63) is 0 Å². The fourth-order valence-corrected chi connectivity index (χ4v) is 4.90. The van der Waals surface area contributed by atoms with Crippen molar-refractivity contribution >= 4 is 6.03 Å². The molecule has 0 aromatic rings. The number of carbonyl (C=O) groups excluding carboxylic acids is 1. The van der Waals surface area contributed by atoms with Gasteiger partial charge in [-0.3, -0.25) is 0 Å². The zero-order valence-corrected chi connectivity index (χ0v) is 25.7. The molecule has 0 unspecified atom stereocenters. The minimum Gasteiger partial charge on any atom is -0.381 e. The van der Waals surface area contributed by atoms with E-state index in [2.05, 4.69) is 25.3 Å². The van der Waals surface area contributed by atoms with Gasteiger partial charge in [-0.25, -0.2) is 4.79 Å². The van der Waals surface area contributed by atoms with Gasteiger partial charge in [0.15, 0.2) is 0 Å². The molecule has 4 heteroatoms. The summed E-state index contributed by atoms with van der Waals surface area (Å²) in [6, 6.07) is -0.833. The summed E-state index contributed by atoms with van der Waals surface area (Å²) in [4.78, 5) is 9.00. The van der Waals surface area contributed by atoms with Gasteiger partial charge >= 0.3 is 6.03 Å². The molecule has 0 atom stereocenters. The van der Waals surface area contributed by atoms with Gasteiger partial charge in [-0.15, -0.1) is 0 Å². The minimum atomic E-state index is -0.833. The molecule has 4 nitrogen and oxygen atoms in total. The van der Waals surface area contributed by atoms with Crippen LogP contribution in [0.2, 0.25) is 0 Å². The number of primary amides is 2. The summed E-state index contributed by atoms with van der Waals surface area (Å²) < 4.78 is 5.85. The Morgan fingerprint density at radius 1 is 0.378 bits per heavy atom. The number of nitrogens with two attached hydrogens (primary N) is 2. The maximum atomic E-state index is 9.00. The zero-order valence-electron chi connectivity index (χ0n) is 25.7. The molecular formula is C33H70N2O2. The van der Waals surface area contributed by atoms with Crippen molar-refractivity contribution < 1.29 is 9.53 Å². The SMILES string of the molecule is CCCCCCCCCCCCCCCCOCCCCCCCCCCCCCCCC.NC(N)=O. The van der Waals surface area contributed by atoms with E-state index in [9.17, 15) is 0 Å². The summed E-state index contributed by atoms with van der Waals surface area (Å²) >= 11 is 0. The Kier molecular flexibility index (Phi) is 38.8. The standard InChI is InChI=1S/C32H66O.CH4N2O/c1-3-5-7-9-11-13-15-17-19-21-23-25-27-29-31-33-32-30-28-26-24-22-20-18-16-14-12-10-8-6-4-2;2-1(3)4/h3-32H2,1-2H3;(H4,2,3,4). The highest BCUT2D eigenvalue weighted by Crippen LogP contribution is 2.14. The summed E-state index contributed by atoms with van der Waals surface area (Å²) in [5, 5.41) is 0. The van der Waals surface area contributed by atoms with Crippen molar-refractivity contribution in [1.29, 1.82) is 0 Å². The maximum Gasteiger partial charge on any atom is 0.309 e. The third kappa shape index (κ3) is 45.5. The Hall–Kier alpha value is -0.770. The highest BCUT2D eigenvalue weighted by molar-refractivity contribution is 5.69. The second-order valence-corrected chi connectivity index (χ2v) is 11.2. The first kappa shape index (κ1) is 38.4. The average molecular weight is 527 g/mol. The molecule has 0 bridgehead atoms. The topological polar surface area (TPSA) is 78.3 Å². The molecule has 0 aromatic heterocycles. The van der Waals surface area contributed by atoms with Crippen molar-refractivity contribution in [1.82, 2.24) is 0 Å². The van der Waals surface area contributed by atoms with Crippen LogP contribution >= 0.6 is 0 Å². The van der Waals surface area contributed by atoms with E-state index in [0.717, 1.165) is 13.2 Å². The summed E-state index contributed by atoms with van der Waals surface area (Å²) in [7, 11) is 0. The molecule has 0 heterocycles. The molecule has 0 saturated heterocycles. The Balaban J connectivity index is 0. The van der Waals surface area contributed by atoms with Crippen molar-refractivity contribution in [2.45, 2.75) is 194 Å². The second-order valence-electron chi connectivity index (χ2n) is 11.2. The van der Waals surface area contributed by atoms with E-state index in [4.69, 9.17) is 9.53 Å². The molecule has 0 aliphatic carbocycles. The lowest BCUT2D eigenvalue weighted by Crippen LogP contribution is -2.18. The molecule has 37 heavy (non-hydrogen) atoms. The van der Waals surface area contributed by atoms with Crippen molar-refractivity contribution in [2.24, 2.45) is 11.5 Å². The van der Waals surface area contributed by atoms with Gasteiger partial charge in [0.25, 0.3) is 0 Å². The number of hydrogen-bond donors (Lipinski definition) is 2. The van der Waals surface area contributed by atoms with Crippen molar-refractivity contribution in [3.63, 3.8) is 0 Å². The maximum absolute atomic E-state index is 9.00. The summed E-state index contributed by atoms with van der Waals surface area (Å²) in [5.41, 5.74) is 8.50. The third-order valence-corrected chi connectivity index (χ3v) is 7.28. The molecule has 0 aliphatic rings. The Bertz CT molecular complexity index is 370. The van der Waals surface area contributed by atoms with Gasteiger partial charge in [-0.05, 0) is 12.8 Å². The lowest BCUT2D eigenvalue weighted by Gasteiger charge is -2.05. The fourth-order valence-electron chi connectivity index (χ4n) is 4.90. The number of rotatable bonds is 30. The molecule has 0 aromatic carbocycles. The first-order valence-corrected chi connectivity index (χ1v) is 16.8. The molecule has 4 N–H and O–H groups in total. The lowest BCUT2D eigenvalue weighted by molar-refractivity contribution is 0.125. The van der Waals surface area contributed by atoms with Gasteiger partial charge in [0.2, 0.25) is 0 Å². The number of carbonyl (C=O) groups is 1. The monoisotopic (exact) mass is 527 g/mol. The van der Waals surface area contributed by atoms with Gasteiger partial charge in [-0.1, -0.05) is 181 Å². The molecule has 0 radical (unpaired) electrons. The molecule has 0 rings (SSSR count). The van der Waals surface area contributed by atoms with Crippen LogP contribution in [-0.4, -0.2) is 19.2 Å². The molecule has 0 saturated carbocycles. The fraction of sp³-hybridized carbons (Fsp3) is 0.970. The normalized spacial score (nSPS) is 10.9. The Morgan fingerprint density at radius 3 is 0.730 bits per heavy atom. The van der Waals surface area contributed by atoms with Crippen LogP contribution in [0.4, 0.5) is 4.79 Å². The van der Waals surface area contributed by atoms with Crippen LogP contribution in [0, 0.1) is 0 Å². The summed E-state index contributed by atoms with van der Waals surface area (Å²) in [5.74, 6) is 0. The van der Waals surface area contributed by atoms with E-state index in [1.54, 1.807) is 0 Å². The largest absolute Gasteiger partial charge is 0.381 e. The number of ether oxygens (including phenoxy) is 1. The van der Waals surface area contributed by atoms with Crippen LogP contribution in [-0.2, 0) is 4.74 Å². The van der Waals surface area contributed by atoms with E-state index >= 15 is 0 Å². The van der Waals surface area contributed by atoms with Gasteiger partial charge in [0, 0.05) is 13.2 Å². The summed E-state index contributed by atoms with van der Waals surface area (Å²) in [6.07, 6.45) is 40.1. The Labute approximate surface area is 233 Å². The van der Waals surface area contributed by atoms with Gasteiger partial charge in [0.1, 0.15) is 0 Å². The van der Waals surface area contributed by atoms with Crippen LogP contribution < -0.4 is 11.5 Å². The van der Waals surface area contributed by atoms with Crippen molar-refractivity contribution in [2.75, 3.05) is 13.2 Å². The molecular weight excluding hydrogens is 456 g/mol. The smallest absolute Gasteiger partial charge is 0.309 e. The van der Waals surface area contributed by atoms with Crippen LogP contribution in [0.1, 0.15) is 194 Å². The van der Waals surface area contributed by atoms with Crippen LogP contribution in [0.5, 0.6) is 0 Å². The average Bonchev–Trinajstić information content (AvgIpc) is 2.87. The number of unbranched alkanes of at least 4 members (excludes halogenated alkanes) is 26. The van der Waals surface area contributed by atoms with Crippen LogP contribution in [0.3, 0.4) is 0 Å². The Morgan fingerprint density at radius 2 is 0.541 bits per heavy atom. The predicted octanol–water partition coefficient (Wildman–Crippen LogP) is 11.0. The highest BCUT2D eigenvalue weighted by atomic mass is 16.5. The molecule has 2 amide bonds. The third-order valence-electron chi connectivity index (χ3n) is 7.28. The lowest BCUT2D eigenvalue weighted by atomic mass is 10.0. The molecule has 0 fully saturated rings. The highest BCUT2D eigenvalue weighted by Gasteiger charge is 1.96. The molecule has 0 spiro atoms. The first-order chi connectivity index (χ1) is 18.1. The van der Waals surface area contributed by atoms with Gasteiger partial charge in [0.05, 0.1) is 0 Å². The second kappa shape index (κ2) is 37.4. The van der Waals surface area contributed by atoms with E-state index in [0.29, 0.717) is 0 Å². The van der Waals surface area contributed by atoms with E-state index < -0.39 is 6.03 Å². The number of amides is 2. The number of hydrogen-bond acceptors (Lipinski definition) is 2. The summed E-state index contributed by atoms with van der Waals surface area (Å²) in [6.45, 7) is 6.59.